The van der Waals surface area contributed by atoms with Crippen molar-refractivity contribution in [3.63, 3.8) is 0 Å². The number of ether oxygens (including phenoxy) is 3. The molecule has 26 heavy (non-hydrogen) atoms. The quantitative estimate of drug-likeness (QED) is 0.473. The normalized spacial score (nSPS) is 10.0. The van der Waals surface area contributed by atoms with Gasteiger partial charge in [-0.3, -0.25) is 4.79 Å². The van der Waals surface area contributed by atoms with E-state index < -0.39 is 5.97 Å². The van der Waals surface area contributed by atoms with Gasteiger partial charge in [0, 0.05) is 18.7 Å². The van der Waals surface area contributed by atoms with Gasteiger partial charge < -0.3 is 19.1 Å². The number of esters is 1. The number of nitrogens with zero attached hydrogens (tertiary/aromatic N) is 1. The van der Waals surface area contributed by atoms with Crippen molar-refractivity contribution in [1.29, 1.82) is 0 Å². The Bertz CT molecular complexity index is 681. The van der Waals surface area contributed by atoms with Crippen molar-refractivity contribution >= 4 is 11.9 Å². The number of allylic oxidation sites excluding steroid dienone is 1. The summed E-state index contributed by atoms with van der Waals surface area (Å²) in [7, 11) is 3.02. The van der Waals surface area contributed by atoms with Gasteiger partial charge in [-0.2, -0.15) is 0 Å². The van der Waals surface area contributed by atoms with E-state index in [0.29, 0.717) is 31.0 Å². The van der Waals surface area contributed by atoms with E-state index >= 15 is 0 Å². The Kier molecular flexibility index (Phi) is 8.42. The minimum atomic E-state index is -0.601. The number of amides is 1. The molecule has 0 atom stereocenters. The average molecular weight is 361 g/mol. The van der Waals surface area contributed by atoms with Gasteiger partial charge >= 0.3 is 5.97 Å². The number of likely N-dealkylation sites (N-methyl/N-ethyl adjacent to an activating group) is 1. The molecule has 0 bridgehead atoms. The van der Waals surface area contributed by atoms with Gasteiger partial charge in [-0.15, -0.1) is 6.58 Å². The molecule has 0 saturated heterocycles. The fourth-order valence-electron chi connectivity index (χ4n) is 2.47. The lowest BCUT2D eigenvalue weighted by atomic mass is 10.1. The molecule has 0 fully saturated rings. The van der Waals surface area contributed by atoms with Gasteiger partial charge in [0.2, 0.25) is 0 Å². The first kappa shape index (κ1) is 21.3. The number of carbonyl (C=O) groups is 2. The summed E-state index contributed by atoms with van der Waals surface area (Å²) in [6.07, 6.45) is 2.20. The Balaban J connectivity index is 2.92. The number of carbonyl (C=O) groups excluding carboxylic acids is 2. The largest absolute Gasteiger partial charge is 0.493 e. The van der Waals surface area contributed by atoms with Gasteiger partial charge in [0.05, 0.1) is 19.8 Å². The van der Waals surface area contributed by atoms with E-state index in [4.69, 9.17) is 14.2 Å². The molecule has 0 aliphatic rings. The highest BCUT2D eigenvalue weighted by Gasteiger charge is 2.19. The van der Waals surface area contributed by atoms with Gasteiger partial charge in [0.15, 0.2) is 18.1 Å². The number of hydrogen-bond acceptors (Lipinski definition) is 5. The number of methoxy groups -OCH3 is 2. The lowest BCUT2D eigenvalue weighted by molar-refractivity contribution is -0.133. The Morgan fingerprint density at radius 2 is 1.92 bits per heavy atom. The maximum atomic E-state index is 12.4. The van der Waals surface area contributed by atoms with Crippen LogP contribution in [0.4, 0.5) is 0 Å². The summed E-state index contributed by atoms with van der Waals surface area (Å²) in [5, 5.41) is 0. The Labute approximate surface area is 155 Å². The first-order valence-electron chi connectivity index (χ1n) is 8.32. The van der Waals surface area contributed by atoms with Gasteiger partial charge in [0.25, 0.3) is 5.91 Å². The minimum Gasteiger partial charge on any atom is -0.493 e. The van der Waals surface area contributed by atoms with E-state index in [2.05, 4.69) is 13.2 Å². The van der Waals surface area contributed by atoms with Crippen LogP contribution in [0.15, 0.2) is 36.9 Å². The molecule has 1 rings (SSSR count). The minimum absolute atomic E-state index is 0.268. The summed E-state index contributed by atoms with van der Waals surface area (Å²) in [5.41, 5.74) is 1.90. The van der Waals surface area contributed by atoms with Crippen LogP contribution in [0.5, 0.6) is 11.5 Å². The SMILES string of the molecule is C=CCc1cc(C(=O)OCC(=O)N(CC)CC(=C)C)cc(OC)c1OC. The Hall–Kier alpha value is -2.76. The summed E-state index contributed by atoms with van der Waals surface area (Å²) < 4.78 is 15.8. The van der Waals surface area contributed by atoms with Crippen molar-refractivity contribution in [2.45, 2.75) is 20.3 Å². The molecule has 0 N–H and O–H groups in total. The van der Waals surface area contributed by atoms with Crippen molar-refractivity contribution in [2.24, 2.45) is 0 Å². The highest BCUT2D eigenvalue weighted by atomic mass is 16.5. The molecular weight excluding hydrogens is 334 g/mol. The lowest BCUT2D eigenvalue weighted by Crippen LogP contribution is -2.35. The molecule has 0 saturated carbocycles. The van der Waals surface area contributed by atoms with Gasteiger partial charge in [-0.05, 0) is 32.4 Å². The zero-order valence-corrected chi connectivity index (χ0v) is 16.0. The molecule has 0 unspecified atom stereocenters. The maximum Gasteiger partial charge on any atom is 0.338 e. The van der Waals surface area contributed by atoms with Crippen molar-refractivity contribution in [3.05, 3.63) is 48.1 Å². The summed E-state index contributed by atoms with van der Waals surface area (Å²) >= 11 is 0. The number of rotatable bonds is 10. The molecule has 6 nitrogen and oxygen atoms in total. The molecule has 0 radical (unpaired) electrons. The standard InChI is InChI=1S/C20H27NO5/c1-7-9-15-10-16(11-17(24-5)19(15)25-6)20(23)26-13-18(22)21(8-2)12-14(3)4/h7,10-11H,1,3,8-9,12-13H2,2,4-6H3. The van der Waals surface area contributed by atoms with E-state index in [-0.39, 0.29) is 18.1 Å². The van der Waals surface area contributed by atoms with Crippen LogP contribution in [-0.4, -0.2) is 50.7 Å². The van der Waals surface area contributed by atoms with Gasteiger partial charge in [0.1, 0.15) is 0 Å². The second-order valence-electron chi connectivity index (χ2n) is 5.80. The third-order valence-corrected chi connectivity index (χ3v) is 3.68. The zero-order chi connectivity index (χ0) is 19.7. The zero-order valence-electron chi connectivity index (χ0n) is 16.0. The van der Waals surface area contributed by atoms with Crippen LogP contribution in [0.3, 0.4) is 0 Å². The lowest BCUT2D eigenvalue weighted by Gasteiger charge is -2.20. The highest BCUT2D eigenvalue weighted by molar-refractivity contribution is 5.92. The van der Waals surface area contributed by atoms with Crippen molar-refractivity contribution in [3.8, 4) is 11.5 Å². The topological polar surface area (TPSA) is 65.1 Å². The molecule has 0 aliphatic heterocycles. The fraction of sp³-hybridized carbons (Fsp3) is 0.400. The molecule has 6 heteroatoms. The van der Waals surface area contributed by atoms with E-state index in [0.717, 1.165) is 11.1 Å². The Morgan fingerprint density at radius 1 is 1.23 bits per heavy atom. The van der Waals surface area contributed by atoms with Crippen LogP contribution in [0, 0.1) is 0 Å². The monoisotopic (exact) mass is 361 g/mol. The average Bonchev–Trinajstić information content (AvgIpc) is 2.63. The number of hydrogen-bond donors (Lipinski definition) is 0. The smallest absolute Gasteiger partial charge is 0.338 e. The van der Waals surface area contributed by atoms with Crippen molar-refractivity contribution in [2.75, 3.05) is 33.9 Å². The van der Waals surface area contributed by atoms with Gasteiger partial charge in [-0.25, -0.2) is 4.79 Å². The van der Waals surface area contributed by atoms with Crippen LogP contribution < -0.4 is 9.47 Å². The summed E-state index contributed by atoms with van der Waals surface area (Å²) in [6, 6.07) is 3.19. The summed E-state index contributed by atoms with van der Waals surface area (Å²) in [6.45, 7) is 11.8. The van der Waals surface area contributed by atoms with Crippen LogP contribution in [0.1, 0.15) is 29.8 Å². The van der Waals surface area contributed by atoms with Gasteiger partial charge in [-0.1, -0.05) is 18.2 Å². The molecule has 0 aromatic heterocycles. The Morgan fingerprint density at radius 3 is 2.42 bits per heavy atom. The van der Waals surface area contributed by atoms with Crippen LogP contribution in [0.2, 0.25) is 0 Å². The van der Waals surface area contributed by atoms with Crippen molar-refractivity contribution < 1.29 is 23.8 Å². The first-order valence-corrected chi connectivity index (χ1v) is 8.32. The summed E-state index contributed by atoms with van der Waals surface area (Å²) in [5.74, 6) is 0.0906. The number of benzene rings is 1. The predicted octanol–water partition coefficient (Wildman–Crippen LogP) is 3.01. The third kappa shape index (κ3) is 5.65. The second-order valence-corrected chi connectivity index (χ2v) is 5.80. The molecule has 0 heterocycles. The predicted molar refractivity (Wildman–Crippen MR) is 101 cm³/mol. The van der Waals surface area contributed by atoms with E-state index in [9.17, 15) is 9.59 Å². The molecule has 0 aliphatic carbocycles. The van der Waals surface area contributed by atoms with Crippen LogP contribution in [0.25, 0.3) is 0 Å². The third-order valence-electron chi connectivity index (χ3n) is 3.68. The van der Waals surface area contributed by atoms with E-state index in [1.165, 1.54) is 20.3 Å². The molecular formula is C20H27NO5. The van der Waals surface area contributed by atoms with E-state index in [1.54, 1.807) is 17.0 Å². The second kappa shape index (κ2) is 10.3. The maximum absolute atomic E-state index is 12.4. The highest BCUT2D eigenvalue weighted by Crippen LogP contribution is 2.33. The van der Waals surface area contributed by atoms with Crippen molar-refractivity contribution in [1.82, 2.24) is 4.90 Å². The summed E-state index contributed by atoms with van der Waals surface area (Å²) in [4.78, 5) is 26.1. The first-order chi connectivity index (χ1) is 12.4. The fourth-order valence-corrected chi connectivity index (χ4v) is 2.47. The van der Waals surface area contributed by atoms with E-state index in [1.807, 2.05) is 13.8 Å². The van der Waals surface area contributed by atoms with Crippen LogP contribution >= 0.6 is 0 Å². The molecule has 1 amide bonds. The molecule has 1 aromatic rings. The molecule has 142 valence electrons. The molecule has 0 spiro atoms. The molecule has 1 aromatic carbocycles. The van der Waals surface area contributed by atoms with Crippen LogP contribution in [-0.2, 0) is 16.0 Å².